The molecule has 2 heterocycles. The maximum absolute atomic E-state index is 6.42. The second-order valence-electron chi connectivity index (χ2n) is 7.29. The van der Waals surface area contributed by atoms with Crippen molar-refractivity contribution >= 4 is 23.4 Å². The van der Waals surface area contributed by atoms with Gasteiger partial charge in [0, 0.05) is 11.4 Å². The third-order valence-electron chi connectivity index (χ3n) is 4.97. The average molecular weight is 486 g/mol. The van der Waals surface area contributed by atoms with E-state index >= 15 is 0 Å². The van der Waals surface area contributed by atoms with Crippen molar-refractivity contribution < 1.29 is 14.0 Å². The van der Waals surface area contributed by atoms with E-state index in [2.05, 4.69) is 20.3 Å². The fraction of sp³-hybridized carbons (Fsp3) is 0.304. The Hall–Kier alpha value is -3.04. The molecule has 1 atom stereocenters. The minimum atomic E-state index is -0.114. The molecule has 4 rings (SSSR count). The molecule has 0 radical (unpaired) electrons. The predicted octanol–water partition coefficient (Wildman–Crippen LogP) is 5.62. The van der Waals surface area contributed by atoms with Gasteiger partial charge < -0.3 is 14.0 Å². The van der Waals surface area contributed by atoms with E-state index < -0.39 is 0 Å². The summed E-state index contributed by atoms with van der Waals surface area (Å²) < 4.78 is 18.5. The summed E-state index contributed by atoms with van der Waals surface area (Å²) in [7, 11) is 1.63. The van der Waals surface area contributed by atoms with Gasteiger partial charge in [-0.05, 0) is 55.8 Å². The van der Waals surface area contributed by atoms with E-state index in [4.69, 9.17) is 25.6 Å². The molecule has 0 aliphatic rings. The molecule has 0 saturated carbocycles. The fourth-order valence-electron chi connectivity index (χ4n) is 3.05. The molecule has 4 aromatic rings. The van der Waals surface area contributed by atoms with Crippen LogP contribution in [0.5, 0.6) is 11.5 Å². The smallest absolute Gasteiger partial charge is 0.239 e. The second kappa shape index (κ2) is 10.3. The van der Waals surface area contributed by atoms with Crippen molar-refractivity contribution in [3.63, 3.8) is 0 Å². The Morgan fingerprint density at radius 3 is 2.55 bits per heavy atom. The zero-order chi connectivity index (χ0) is 23.4. The molecule has 0 bridgehead atoms. The summed E-state index contributed by atoms with van der Waals surface area (Å²) >= 11 is 7.90. The lowest BCUT2D eigenvalue weighted by molar-refractivity contribution is 0.292. The van der Waals surface area contributed by atoms with Crippen LogP contribution in [0.4, 0.5) is 0 Å². The minimum absolute atomic E-state index is 0.114. The Kier molecular flexibility index (Phi) is 7.20. The van der Waals surface area contributed by atoms with Crippen LogP contribution >= 0.6 is 23.4 Å². The highest BCUT2D eigenvalue weighted by Gasteiger charge is 2.22. The Labute approximate surface area is 201 Å². The first kappa shape index (κ1) is 23.1. The highest BCUT2D eigenvalue weighted by molar-refractivity contribution is 7.99. The Morgan fingerprint density at radius 1 is 1.12 bits per heavy atom. The van der Waals surface area contributed by atoms with Gasteiger partial charge in [0.1, 0.15) is 18.1 Å². The molecule has 8 nitrogen and oxygen atoms in total. The molecule has 172 valence electrons. The van der Waals surface area contributed by atoms with Gasteiger partial charge in [0.05, 0.1) is 18.0 Å². The van der Waals surface area contributed by atoms with Gasteiger partial charge in [-0.2, -0.15) is 4.98 Å². The van der Waals surface area contributed by atoms with Crippen molar-refractivity contribution in [1.29, 1.82) is 0 Å². The molecule has 0 saturated heterocycles. The van der Waals surface area contributed by atoms with Crippen LogP contribution < -0.4 is 9.47 Å². The monoisotopic (exact) mass is 485 g/mol. The Morgan fingerprint density at radius 2 is 1.88 bits per heavy atom. The summed E-state index contributed by atoms with van der Waals surface area (Å²) in [5.74, 6) is 3.33. The van der Waals surface area contributed by atoms with Crippen LogP contribution in [-0.4, -0.2) is 32.0 Å². The number of hydrogen-bond donors (Lipinski definition) is 0. The van der Waals surface area contributed by atoms with Crippen LogP contribution in [0.2, 0.25) is 5.02 Å². The number of rotatable bonds is 9. The second-order valence-corrected chi connectivity index (χ2v) is 9.01. The summed E-state index contributed by atoms with van der Waals surface area (Å²) in [6.07, 6.45) is 0.714. The van der Waals surface area contributed by atoms with E-state index in [1.54, 1.807) is 7.11 Å². The van der Waals surface area contributed by atoms with Gasteiger partial charge in [-0.1, -0.05) is 41.5 Å². The number of ether oxygens (including phenoxy) is 2. The molecule has 0 amide bonds. The molecule has 0 fully saturated rings. The summed E-state index contributed by atoms with van der Waals surface area (Å²) in [5.41, 5.74) is 1.84. The number of aromatic nitrogens is 5. The topological polar surface area (TPSA) is 88.1 Å². The summed E-state index contributed by atoms with van der Waals surface area (Å²) in [6, 6.07) is 13.2. The van der Waals surface area contributed by atoms with E-state index in [9.17, 15) is 0 Å². The molecule has 2 aromatic carbocycles. The van der Waals surface area contributed by atoms with Crippen LogP contribution in [-0.2, 0) is 13.0 Å². The van der Waals surface area contributed by atoms with Gasteiger partial charge in [0.2, 0.25) is 5.89 Å². The third-order valence-corrected chi connectivity index (χ3v) is 6.41. The highest BCUT2D eigenvalue weighted by atomic mass is 35.5. The van der Waals surface area contributed by atoms with Crippen LogP contribution in [0.25, 0.3) is 5.69 Å². The van der Waals surface area contributed by atoms with Crippen LogP contribution in [0.3, 0.4) is 0 Å². The number of halogens is 1. The molecule has 0 aliphatic carbocycles. The van der Waals surface area contributed by atoms with Crippen molar-refractivity contribution in [3.05, 3.63) is 70.6 Å². The molecule has 33 heavy (non-hydrogen) atoms. The maximum atomic E-state index is 6.42. The number of thioether (sulfide) groups is 1. The number of nitrogens with zero attached hydrogens (tertiary/aromatic N) is 5. The van der Waals surface area contributed by atoms with E-state index in [0.717, 1.165) is 17.0 Å². The zero-order valence-corrected chi connectivity index (χ0v) is 20.4. The number of benzene rings is 2. The molecular formula is C23H24ClN5O3S. The quantitative estimate of drug-likeness (QED) is 0.282. The summed E-state index contributed by atoms with van der Waals surface area (Å²) in [4.78, 5) is 4.44. The van der Waals surface area contributed by atoms with Crippen molar-refractivity contribution in [2.75, 3.05) is 7.11 Å². The zero-order valence-electron chi connectivity index (χ0n) is 18.8. The normalized spacial score (nSPS) is 12.0. The van der Waals surface area contributed by atoms with E-state index in [1.807, 2.05) is 67.8 Å². The first-order valence-electron chi connectivity index (χ1n) is 10.4. The van der Waals surface area contributed by atoms with Crippen LogP contribution in [0.1, 0.15) is 42.2 Å². The lowest BCUT2D eigenvalue weighted by Gasteiger charge is -2.13. The maximum Gasteiger partial charge on any atom is 0.239 e. The van der Waals surface area contributed by atoms with Crippen molar-refractivity contribution in [3.8, 4) is 17.2 Å². The lowest BCUT2D eigenvalue weighted by atomic mass is 10.2. The minimum Gasteiger partial charge on any atom is -0.497 e. The molecule has 0 aliphatic heterocycles. The molecule has 0 N–H and O–H groups in total. The van der Waals surface area contributed by atoms with E-state index in [1.165, 1.54) is 11.8 Å². The highest BCUT2D eigenvalue weighted by Crippen LogP contribution is 2.35. The van der Waals surface area contributed by atoms with Gasteiger partial charge in [-0.3, -0.25) is 4.57 Å². The Bertz CT molecular complexity index is 1230. The number of methoxy groups -OCH3 is 1. The standard InChI is InChI=1S/C23H24ClN5O3S/c1-5-20-25-22(32-28-20)15(3)33-23-27-26-21(13-31-18-10-8-17(30-4)9-11-18)29(23)16-7-6-14(2)19(24)12-16/h6-12,15H,5,13H2,1-4H3/t15-/m1/s1. The van der Waals surface area contributed by atoms with Crippen LogP contribution in [0, 0.1) is 6.92 Å². The first-order chi connectivity index (χ1) is 16.0. The van der Waals surface area contributed by atoms with Gasteiger partial charge in [0.15, 0.2) is 16.8 Å². The van der Waals surface area contributed by atoms with Gasteiger partial charge >= 0.3 is 0 Å². The number of aryl methyl sites for hydroxylation is 2. The molecule has 0 spiro atoms. The molecular weight excluding hydrogens is 462 g/mol. The third kappa shape index (κ3) is 5.31. The van der Waals surface area contributed by atoms with Gasteiger partial charge in [0.25, 0.3) is 0 Å². The summed E-state index contributed by atoms with van der Waals surface area (Å²) in [6.45, 7) is 6.16. The summed E-state index contributed by atoms with van der Waals surface area (Å²) in [5, 5.41) is 14.0. The van der Waals surface area contributed by atoms with E-state index in [-0.39, 0.29) is 11.9 Å². The van der Waals surface area contributed by atoms with Gasteiger partial charge in [-0.25, -0.2) is 0 Å². The van der Waals surface area contributed by atoms with Crippen molar-refractivity contribution in [2.45, 2.75) is 44.2 Å². The molecule has 10 heteroatoms. The average Bonchev–Trinajstić information content (AvgIpc) is 3.47. The largest absolute Gasteiger partial charge is 0.497 e. The molecule has 2 aromatic heterocycles. The van der Waals surface area contributed by atoms with E-state index in [0.29, 0.717) is 39.9 Å². The fourth-order valence-corrected chi connectivity index (χ4v) is 4.15. The Balaban J connectivity index is 1.62. The van der Waals surface area contributed by atoms with Crippen LogP contribution in [0.15, 0.2) is 52.1 Å². The van der Waals surface area contributed by atoms with Gasteiger partial charge in [-0.15, -0.1) is 10.2 Å². The van der Waals surface area contributed by atoms with Crippen molar-refractivity contribution in [1.82, 2.24) is 24.9 Å². The van der Waals surface area contributed by atoms with Crippen molar-refractivity contribution in [2.24, 2.45) is 0 Å². The lowest BCUT2D eigenvalue weighted by Crippen LogP contribution is -2.07. The number of hydrogen-bond acceptors (Lipinski definition) is 8. The predicted molar refractivity (Wildman–Crippen MR) is 126 cm³/mol. The SMILES string of the molecule is CCc1noc([C@@H](C)Sc2nnc(COc3ccc(OC)cc3)n2-c2ccc(C)c(Cl)c2)n1. The molecule has 0 unspecified atom stereocenters. The first-order valence-corrected chi connectivity index (χ1v) is 11.7.